The lowest BCUT2D eigenvalue weighted by Crippen LogP contribution is -2.46. The second-order valence-corrected chi connectivity index (χ2v) is 6.21. The fourth-order valence-electron chi connectivity index (χ4n) is 2.64. The van der Waals surface area contributed by atoms with Crippen LogP contribution in [0.5, 0.6) is 0 Å². The SMILES string of the molecule is CCC(O)(CC)CN1CCC(CNC(C)C)CC1. The third-order valence-electron chi connectivity index (χ3n) is 4.36. The van der Waals surface area contributed by atoms with E-state index in [2.05, 4.69) is 37.9 Å². The van der Waals surface area contributed by atoms with Crippen molar-refractivity contribution in [2.24, 2.45) is 5.92 Å². The van der Waals surface area contributed by atoms with Gasteiger partial charge in [-0.1, -0.05) is 27.7 Å². The second-order valence-electron chi connectivity index (χ2n) is 6.21. The Morgan fingerprint density at radius 3 is 2.22 bits per heavy atom. The highest BCUT2D eigenvalue weighted by Gasteiger charge is 2.28. The average molecular weight is 256 g/mol. The van der Waals surface area contributed by atoms with E-state index >= 15 is 0 Å². The molecule has 0 aromatic heterocycles. The molecule has 2 N–H and O–H groups in total. The number of β-amino-alcohol motifs (C(OH)–C–C–N with tert-alkyl or cyclic N) is 1. The Kier molecular flexibility index (Phi) is 6.61. The molecule has 1 rings (SSSR count). The summed E-state index contributed by atoms with van der Waals surface area (Å²) in [6.07, 6.45) is 4.25. The number of hydrogen-bond acceptors (Lipinski definition) is 3. The molecule has 0 unspecified atom stereocenters. The summed E-state index contributed by atoms with van der Waals surface area (Å²) in [5.74, 6) is 0.819. The van der Waals surface area contributed by atoms with Gasteiger partial charge in [-0.25, -0.2) is 0 Å². The first-order chi connectivity index (χ1) is 8.49. The lowest BCUT2D eigenvalue weighted by Gasteiger charge is -2.37. The molecule has 0 bridgehead atoms. The van der Waals surface area contributed by atoms with E-state index in [9.17, 15) is 5.11 Å². The Morgan fingerprint density at radius 2 is 1.78 bits per heavy atom. The third-order valence-corrected chi connectivity index (χ3v) is 4.36. The molecular formula is C15H32N2O. The topological polar surface area (TPSA) is 35.5 Å². The van der Waals surface area contributed by atoms with E-state index in [1.807, 2.05) is 0 Å². The minimum atomic E-state index is -0.469. The molecule has 0 saturated carbocycles. The standard InChI is InChI=1S/C15H32N2O/c1-5-15(18,6-2)12-17-9-7-14(8-10-17)11-16-13(3)4/h13-14,16,18H,5-12H2,1-4H3. The number of hydrogen-bond donors (Lipinski definition) is 2. The molecule has 1 saturated heterocycles. The first-order valence-corrected chi connectivity index (χ1v) is 7.67. The normalized spacial score (nSPS) is 19.7. The van der Waals surface area contributed by atoms with Crippen molar-refractivity contribution >= 4 is 0 Å². The molecular weight excluding hydrogens is 224 g/mol. The average Bonchev–Trinajstić information content (AvgIpc) is 2.37. The Balaban J connectivity index is 2.26. The van der Waals surface area contributed by atoms with Crippen molar-refractivity contribution in [1.82, 2.24) is 10.2 Å². The highest BCUT2D eigenvalue weighted by molar-refractivity contribution is 4.83. The Bertz CT molecular complexity index is 219. The van der Waals surface area contributed by atoms with Gasteiger partial charge in [0.15, 0.2) is 0 Å². The lowest BCUT2D eigenvalue weighted by atomic mass is 9.92. The fourth-order valence-corrected chi connectivity index (χ4v) is 2.64. The number of likely N-dealkylation sites (tertiary alicyclic amines) is 1. The van der Waals surface area contributed by atoms with Gasteiger partial charge >= 0.3 is 0 Å². The summed E-state index contributed by atoms with van der Waals surface area (Å²) in [6, 6.07) is 0.591. The molecule has 0 amide bonds. The predicted molar refractivity (Wildman–Crippen MR) is 77.8 cm³/mol. The van der Waals surface area contributed by atoms with Gasteiger partial charge in [0.25, 0.3) is 0 Å². The zero-order valence-corrected chi connectivity index (χ0v) is 12.7. The molecule has 3 heteroatoms. The number of nitrogens with zero attached hydrogens (tertiary/aromatic N) is 1. The molecule has 0 spiro atoms. The van der Waals surface area contributed by atoms with Gasteiger partial charge < -0.3 is 15.3 Å². The van der Waals surface area contributed by atoms with Crippen LogP contribution in [-0.4, -0.2) is 47.8 Å². The first-order valence-electron chi connectivity index (χ1n) is 7.67. The molecule has 0 atom stereocenters. The zero-order chi connectivity index (χ0) is 13.6. The van der Waals surface area contributed by atoms with E-state index in [-0.39, 0.29) is 0 Å². The highest BCUT2D eigenvalue weighted by Crippen LogP contribution is 2.22. The third kappa shape index (κ3) is 5.25. The summed E-state index contributed by atoms with van der Waals surface area (Å²) in [5.41, 5.74) is -0.469. The van der Waals surface area contributed by atoms with Crippen LogP contribution in [0.15, 0.2) is 0 Å². The van der Waals surface area contributed by atoms with Crippen LogP contribution in [0.2, 0.25) is 0 Å². The van der Waals surface area contributed by atoms with Crippen LogP contribution < -0.4 is 5.32 Å². The van der Waals surface area contributed by atoms with E-state index in [0.29, 0.717) is 6.04 Å². The van der Waals surface area contributed by atoms with Crippen LogP contribution in [0.1, 0.15) is 53.4 Å². The summed E-state index contributed by atoms with van der Waals surface area (Å²) in [6.45, 7) is 12.9. The van der Waals surface area contributed by atoms with Crippen molar-refractivity contribution in [2.45, 2.75) is 65.0 Å². The van der Waals surface area contributed by atoms with Crippen LogP contribution in [0.3, 0.4) is 0 Å². The molecule has 0 aromatic rings. The largest absolute Gasteiger partial charge is 0.389 e. The number of piperidine rings is 1. The highest BCUT2D eigenvalue weighted by atomic mass is 16.3. The van der Waals surface area contributed by atoms with Gasteiger partial charge in [-0.2, -0.15) is 0 Å². The maximum Gasteiger partial charge on any atom is 0.0768 e. The van der Waals surface area contributed by atoms with Gasteiger partial charge in [0.1, 0.15) is 0 Å². The fraction of sp³-hybridized carbons (Fsp3) is 1.00. The van der Waals surface area contributed by atoms with Gasteiger partial charge in [-0.05, 0) is 51.2 Å². The molecule has 0 radical (unpaired) electrons. The van der Waals surface area contributed by atoms with E-state index in [0.717, 1.165) is 44.9 Å². The van der Waals surface area contributed by atoms with E-state index in [1.165, 1.54) is 12.8 Å². The summed E-state index contributed by atoms with van der Waals surface area (Å²) in [5, 5.41) is 13.9. The number of rotatable bonds is 7. The van der Waals surface area contributed by atoms with Gasteiger partial charge in [-0.15, -0.1) is 0 Å². The van der Waals surface area contributed by atoms with Gasteiger partial charge in [0.05, 0.1) is 5.60 Å². The van der Waals surface area contributed by atoms with Crippen LogP contribution in [0.4, 0.5) is 0 Å². The predicted octanol–water partition coefficient (Wildman–Crippen LogP) is 2.25. The minimum absolute atomic E-state index is 0.469. The maximum atomic E-state index is 10.4. The Labute approximate surface area is 113 Å². The Morgan fingerprint density at radius 1 is 1.22 bits per heavy atom. The van der Waals surface area contributed by atoms with E-state index in [1.54, 1.807) is 0 Å². The molecule has 0 aromatic carbocycles. The minimum Gasteiger partial charge on any atom is -0.389 e. The van der Waals surface area contributed by atoms with Gasteiger partial charge in [0.2, 0.25) is 0 Å². The van der Waals surface area contributed by atoms with E-state index < -0.39 is 5.60 Å². The zero-order valence-electron chi connectivity index (χ0n) is 12.7. The first kappa shape index (κ1) is 15.9. The van der Waals surface area contributed by atoms with Crippen molar-refractivity contribution in [1.29, 1.82) is 0 Å². The monoisotopic (exact) mass is 256 g/mol. The van der Waals surface area contributed by atoms with Crippen LogP contribution in [0, 0.1) is 5.92 Å². The molecule has 1 aliphatic heterocycles. The van der Waals surface area contributed by atoms with E-state index in [4.69, 9.17) is 0 Å². The van der Waals surface area contributed by atoms with Crippen LogP contribution in [0.25, 0.3) is 0 Å². The smallest absolute Gasteiger partial charge is 0.0768 e. The second kappa shape index (κ2) is 7.46. The Hall–Kier alpha value is -0.120. The number of aliphatic hydroxyl groups is 1. The van der Waals surface area contributed by atoms with Crippen molar-refractivity contribution in [3.8, 4) is 0 Å². The lowest BCUT2D eigenvalue weighted by molar-refractivity contribution is -0.0115. The van der Waals surface area contributed by atoms with Gasteiger partial charge in [0, 0.05) is 12.6 Å². The molecule has 0 aliphatic carbocycles. The summed E-state index contributed by atoms with van der Waals surface area (Å²) >= 11 is 0. The molecule has 1 heterocycles. The van der Waals surface area contributed by atoms with Crippen molar-refractivity contribution in [3.05, 3.63) is 0 Å². The van der Waals surface area contributed by atoms with Crippen molar-refractivity contribution < 1.29 is 5.11 Å². The summed E-state index contributed by atoms with van der Waals surface area (Å²) < 4.78 is 0. The summed E-state index contributed by atoms with van der Waals surface area (Å²) in [4.78, 5) is 2.44. The quantitative estimate of drug-likeness (QED) is 0.733. The number of nitrogens with one attached hydrogen (secondary N) is 1. The summed E-state index contributed by atoms with van der Waals surface area (Å²) in [7, 11) is 0. The van der Waals surface area contributed by atoms with Crippen molar-refractivity contribution in [2.75, 3.05) is 26.2 Å². The van der Waals surface area contributed by atoms with Crippen LogP contribution in [-0.2, 0) is 0 Å². The molecule has 1 aliphatic rings. The molecule has 1 fully saturated rings. The molecule has 108 valence electrons. The molecule has 3 nitrogen and oxygen atoms in total. The van der Waals surface area contributed by atoms with Crippen LogP contribution >= 0.6 is 0 Å². The van der Waals surface area contributed by atoms with Crippen molar-refractivity contribution in [3.63, 3.8) is 0 Å². The van der Waals surface area contributed by atoms with Gasteiger partial charge in [-0.3, -0.25) is 0 Å². The maximum absolute atomic E-state index is 10.4. The molecule has 18 heavy (non-hydrogen) atoms.